The van der Waals surface area contributed by atoms with Crippen LogP contribution in [0.2, 0.25) is 0 Å². The van der Waals surface area contributed by atoms with Crippen LogP contribution in [0.4, 0.5) is 0 Å². The summed E-state index contributed by atoms with van der Waals surface area (Å²) in [5.41, 5.74) is 2.93. The number of rotatable bonds is 4. The highest BCUT2D eigenvalue weighted by atomic mass is 32.1. The zero-order chi connectivity index (χ0) is 21.4. The maximum absolute atomic E-state index is 13.8. The third kappa shape index (κ3) is 4.03. The fraction of sp³-hybridized carbons (Fsp3) is 0.458. The molecule has 3 aromatic rings. The Morgan fingerprint density at radius 2 is 2.00 bits per heavy atom. The molecule has 0 amide bonds. The van der Waals surface area contributed by atoms with Gasteiger partial charge in [0, 0.05) is 18.0 Å². The van der Waals surface area contributed by atoms with Crippen molar-refractivity contribution in [3.63, 3.8) is 0 Å². The van der Waals surface area contributed by atoms with E-state index >= 15 is 0 Å². The lowest BCUT2D eigenvalue weighted by atomic mass is 9.89. The van der Waals surface area contributed by atoms with E-state index < -0.39 is 0 Å². The van der Waals surface area contributed by atoms with Crippen molar-refractivity contribution in [1.29, 1.82) is 5.26 Å². The molecule has 3 heterocycles. The van der Waals surface area contributed by atoms with Gasteiger partial charge in [0.1, 0.15) is 10.7 Å². The Kier molecular flexibility index (Phi) is 5.61. The van der Waals surface area contributed by atoms with Crippen molar-refractivity contribution < 1.29 is 4.74 Å². The van der Waals surface area contributed by atoms with Gasteiger partial charge in [-0.1, -0.05) is 19.1 Å². The van der Waals surface area contributed by atoms with E-state index in [9.17, 15) is 4.79 Å². The lowest BCUT2D eigenvalue weighted by Crippen LogP contribution is -2.38. The Balaban J connectivity index is 1.60. The number of hydrogen-bond donors (Lipinski definition) is 0. The normalized spacial score (nSPS) is 19.3. The first-order chi connectivity index (χ1) is 15.1. The van der Waals surface area contributed by atoms with Gasteiger partial charge >= 0.3 is 0 Å². The van der Waals surface area contributed by atoms with Gasteiger partial charge in [0.15, 0.2) is 0 Å². The standard InChI is InChI=1S/C24H26N4O2S/c1-16-2-7-19-20(12-16)31-23-22(19)24(29)28(14-18-5-3-17(13-25)4-6-18)21(26-23)15-27-8-10-30-11-9-27/h3-6,16H,2,7-12,14-15H2,1H3. The van der Waals surface area contributed by atoms with E-state index in [1.54, 1.807) is 11.3 Å². The minimum Gasteiger partial charge on any atom is -0.379 e. The van der Waals surface area contributed by atoms with Crippen molar-refractivity contribution in [1.82, 2.24) is 14.5 Å². The summed E-state index contributed by atoms with van der Waals surface area (Å²) in [7, 11) is 0. The van der Waals surface area contributed by atoms with Gasteiger partial charge in [-0.25, -0.2) is 4.98 Å². The van der Waals surface area contributed by atoms with E-state index in [1.807, 2.05) is 28.8 Å². The first kappa shape index (κ1) is 20.4. The maximum Gasteiger partial charge on any atom is 0.262 e. The highest BCUT2D eigenvalue weighted by Gasteiger charge is 2.25. The second-order valence-corrected chi connectivity index (χ2v) is 9.73. The molecule has 1 aliphatic carbocycles. The van der Waals surface area contributed by atoms with Gasteiger partial charge < -0.3 is 4.74 Å². The van der Waals surface area contributed by atoms with Crippen molar-refractivity contribution in [2.75, 3.05) is 26.3 Å². The number of thiophene rings is 1. The molecule has 6 nitrogen and oxygen atoms in total. The minimum absolute atomic E-state index is 0.0738. The lowest BCUT2D eigenvalue weighted by molar-refractivity contribution is 0.0325. The molecule has 1 atom stereocenters. The van der Waals surface area contributed by atoms with Crippen LogP contribution in [0.3, 0.4) is 0 Å². The number of ether oxygens (including phenoxy) is 1. The molecule has 7 heteroatoms. The smallest absolute Gasteiger partial charge is 0.262 e. The highest BCUT2D eigenvalue weighted by molar-refractivity contribution is 7.18. The molecule has 5 rings (SSSR count). The Labute approximate surface area is 185 Å². The van der Waals surface area contributed by atoms with Crippen LogP contribution in [0.1, 0.15) is 40.7 Å². The molecule has 31 heavy (non-hydrogen) atoms. The topological polar surface area (TPSA) is 71.2 Å². The zero-order valence-corrected chi connectivity index (χ0v) is 18.6. The van der Waals surface area contributed by atoms with E-state index in [0.717, 1.165) is 54.0 Å². The van der Waals surface area contributed by atoms with E-state index in [2.05, 4.69) is 17.9 Å². The number of benzene rings is 1. The van der Waals surface area contributed by atoms with Crippen LogP contribution in [0, 0.1) is 17.2 Å². The summed E-state index contributed by atoms with van der Waals surface area (Å²) >= 11 is 1.71. The van der Waals surface area contributed by atoms with Crippen LogP contribution in [0.25, 0.3) is 10.2 Å². The van der Waals surface area contributed by atoms with E-state index in [0.29, 0.717) is 37.8 Å². The number of nitrogens with zero attached hydrogens (tertiary/aromatic N) is 4. The molecule has 2 aliphatic rings. The summed E-state index contributed by atoms with van der Waals surface area (Å²) in [6.45, 7) is 6.53. The Hall–Kier alpha value is -2.53. The largest absolute Gasteiger partial charge is 0.379 e. The first-order valence-corrected chi connectivity index (χ1v) is 11.8. The second-order valence-electron chi connectivity index (χ2n) is 8.65. The van der Waals surface area contributed by atoms with Crippen LogP contribution in [-0.4, -0.2) is 40.8 Å². The van der Waals surface area contributed by atoms with Crippen molar-refractivity contribution in [2.24, 2.45) is 5.92 Å². The van der Waals surface area contributed by atoms with Gasteiger partial charge in [0.2, 0.25) is 0 Å². The molecule has 1 unspecified atom stereocenters. The quantitative estimate of drug-likeness (QED) is 0.630. The molecular formula is C24H26N4O2S. The van der Waals surface area contributed by atoms with Crippen molar-refractivity contribution in [3.05, 3.63) is 62.0 Å². The fourth-order valence-electron chi connectivity index (χ4n) is 4.58. The minimum atomic E-state index is 0.0738. The summed E-state index contributed by atoms with van der Waals surface area (Å²) in [5, 5.41) is 9.91. The number of fused-ring (bicyclic) bond motifs is 3. The van der Waals surface area contributed by atoms with E-state index in [4.69, 9.17) is 15.0 Å². The highest BCUT2D eigenvalue weighted by Crippen LogP contribution is 2.36. The molecule has 1 fully saturated rings. The average molecular weight is 435 g/mol. The van der Waals surface area contributed by atoms with Gasteiger partial charge in [0.05, 0.1) is 43.3 Å². The Morgan fingerprint density at radius 3 is 2.74 bits per heavy atom. The van der Waals surface area contributed by atoms with Crippen LogP contribution in [0.15, 0.2) is 29.1 Å². The van der Waals surface area contributed by atoms with Crippen molar-refractivity contribution >= 4 is 21.6 Å². The summed E-state index contributed by atoms with van der Waals surface area (Å²) in [6.07, 6.45) is 3.14. The predicted molar refractivity (Wildman–Crippen MR) is 121 cm³/mol. The third-order valence-electron chi connectivity index (χ3n) is 6.39. The van der Waals surface area contributed by atoms with Gasteiger partial charge in [0.25, 0.3) is 5.56 Å². The van der Waals surface area contributed by atoms with E-state index in [1.165, 1.54) is 10.4 Å². The summed E-state index contributed by atoms with van der Waals surface area (Å²) in [6, 6.07) is 9.63. The lowest BCUT2D eigenvalue weighted by Gasteiger charge is -2.27. The van der Waals surface area contributed by atoms with Gasteiger partial charge in [-0.2, -0.15) is 5.26 Å². The monoisotopic (exact) mass is 434 g/mol. The van der Waals surface area contributed by atoms with Crippen molar-refractivity contribution in [2.45, 2.75) is 39.3 Å². The molecule has 1 aromatic carbocycles. The molecule has 0 bridgehead atoms. The molecule has 2 aromatic heterocycles. The molecular weight excluding hydrogens is 408 g/mol. The van der Waals surface area contributed by atoms with Crippen LogP contribution < -0.4 is 5.56 Å². The second kappa shape index (κ2) is 8.54. The Morgan fingerprint density at radius 1 is 1.23 bits per heavy atom. The molecule has 0 radical (unpaired) electrons. The predicted octanol–water partition coefficient (Wildman–Crippen LogP) is 3.33. The van der Waals surface area contributed by atoms with Crippen LogP contribution in [0.5, 0.6) is 0 Å². The summed E-state index contributed by atoms with van der Waals surface area (Å²) < 4.78 is 7.34. The number of morpholine rings is 1. The number of aryl methyl sites for hydroxylation is 1. The molecule has 1 saturated heterocycles. The van der Waals surface area contributed by atoms with Crippen molar-refractivity contribution in [3.8, 4) is 6.07 Å². The van der Waals surface area contributed by atoms with Gasteiger partial charge in [-0.3, -0.25) is 14.3 Å². The maximum atomic E-state index is 13.8. The Bertz CT molecular complexity index is 1200. The average Bonchev–Trinajstić information content (AvgIpc) is 3.15. The SMILES string of the molecule is CC1CCc2c(sc3nc(CN4CCOCC4)n(Cc4ccc(C#N)cc4)c(=O)c23)C1. The summed E-state index contributed by atoms with van der Waals surface area (Å²) in [5.74, 6) is 1.48. The molecule has 1 aliphatic heterocycles. The van der Waals surface area contributed by atoms with Crippen LogP contribution >= 0.6 is 11.3 Å². The first-order valence-electron chi connectivity index (χ1n) is 11.0. The number of aromatic nitrogens is 2. The third-order valence-corrected chi connectivity index (χ3v) is 7.53. The van der Waals surface area contributed by atoms with Crippen LogP contribution in [-0.2, 0) is 30.7 Å². The zero-order valence-electron chi connectivity index (χ0n) is 17.8. The molecule has 0 saturated carbocycles. The molecule has 160 valence electrons. The molecule has 0 spiro atoms. The van der Waals surface area contributed by atoms with E-state index in [-0.39, 0.29) is 5.56 Å². The molecule has 0 N–H and O–H groups in total. The fourth-order valence-corrected chi connectivity index (χ4v) is 5.97. The summed E-state index contributed by atoms with van der Waals surface area (Å²) in [4.78, 5) is 23.3. The van der Waals surface area contributed by atoms with Gasteiger partial charge in [-0.15, -0.1) is 11.3 Å². The number of hydrogen-bond acceptors (Lipinski definition) is 6. The number of nitriles is 1. The van der Waals surface area contributed by atoms with Gasteiger partial charge in [-0.05, 0) is 48.4 Å².